The minimum absolute atomic E-state index is 0.00715. The summed E-state index contributed by atoms with van der Waals surface area (Å²) in [6, 6.07) is 7.24. The highest BCUT2D eigenvalue weighted by Gasteiger charge is 2.51. The van der Waals surface area contributed by atoms with Crippen molar-refractivity contribution in [2.45, 2.75) is 38.7 Å². The predicted molar refractivity (Wildman–Crippen MR) is 82.2 cm³/mol. The normalized spacial score (nSPS) is 28.7. The van der Waals surface area contributed by atoms with Gasteiger partial charge in [0.25, 0.3) is 0 Å². The van der Waals surface area contributed by atoms with Gasteiger partial charge in [-0.25, -0.2) is 0 Å². The van der Waals surface area contributed by atoms with Crippen molar-refractivity contribution in [3.05, 3.63) is 41.7 Å². The van der Waals surface area contributed by atoms with Crippen LogP contribution in [0.15, 0.2) is 36.1 Å². The first kappa shape index (κ1) is 15.1. The Kier molecular flexibility index (Phi) is 3.96. The van der Waals surface area contributed by atoms with Crippen molar-refractivity contribution < 1.29 is 19.4 Å². The van der Waals surface area contributed by atoms with E-state index in [0.717, 1.165) is 18.4 Å². The lowest BCUT2D eigenvalue weighted by molar-refractivity contribution is -0.123. The van der Waals surface area contributed by atoms with Crippen LogP contribution in [0.1, 0.15) is 32.3 Å². The van der Waals surface area contributed by atoms with E-state index >= 15 is 0 Å². The average molecular weight is 302 g/mol. The molecule has 2 aliphatic rings. The van der Waals surface area contributed by atoms with Gasteiger partial charge in [0.1, 0.15) is 17.1 Å². The Balaban J connectivity index is 1.85. The first-order valence-corrected chi connectivity index (χ1v) is 7.86. The van der Waals surface area contributed by atoms with Crippen LogP contribution in [0.25, 0.3) is 0 Å². The van der Waals surface area contributed by atoms with Crippen molar-refractivity contribution in [1.29, 1.82) is 0 Å². The summed E-state index contributed by atoms with van der Waals surface area (Å²) in [4.78, 5) is 12.1. The fourth-order valence-electron chi connectivity index (χ4n) is 3.51. The minimum atomic E-state index is -0.494. The maximum absolute atomic E-state index is 12.1. The summed E-state index contributed by atoms with van der Waals surface area (Å²) >= 11 is 0. The van der Waals surface area contributed by atoms with Gasteiger partial charge >= 0.3 is 0 Å². The summed E-state index contributed by atoms with van der Waals surface area (Å²) in [6.07, 6.45) is 3.96. The maximum Gasteiger partial charge on any atom is 0.189 e. The van der Waals surface area contributed by atoms with E-state index in [1.165, 1.54) is 0 Å². The van der Waals surface area contributed by atoms with Gasteiger partial charge in [-0.05, 0) is 42.9 Å². The molecule has 118 valence electrons. The van der Waals surface area contributed by atoms with Crippen molar-refractivity contribution >= 4 is 5.78 Å². The molecule has 0 bridgehead atoms. The smallest absolute Gasteiger partial charge is 0.189 e. The second-order valence-corrected chi connectivity index (χ2v) is 6.29. The molecule has 0 unspecified atom stereocenters. The SMILES string of the molecule is CC[C@H]1C[C@]2([C@@H](C)Cc3ccc(O)cc3)OCOC2=CC1=O. The van der Waals surface area contributed by atoms with Crippen molar-refractivity contribution in [3.63, 3.8) is 0 Å². The van der Waals surface area contributed by atoms with E-state index in [2.05, 4.69) is 6.92 Å². The molecule has 0 amide bonds. The molecule has 3 rings (SSSR count). The molecule has 4 nitrogen and oxygen atoms in total. The van der Waals surface area contributed by atoms with Crippen molar-refractivity contribution in [3.8, 4) is 5.75 Å². The molecule has 1 heterocycles. The van der Waals surface area contributed by atoms with E-state index < -0.39 is 5.60 Å². The molecule has 4 heteroatoms. The third kappa shape index (κ3) is 2.52. The summed E-state index contributed by atoms with van der Waals surface area (Å²) in [5.74, 6) is 1.30. The minimum Gasteiger partial charge on any atom is -0.508 e. The zero-order chi connectivity index (χ0) is 15.7. The van der Waals surface area contributed by atoms with E-state index in [0.29, 0.717) is 12.2 Å². The number of phenolic OH excluding ortho intramolecular Hbond substituents is 1. The third-order valence-electron chi connectivity index (χ3n) is 4.94. The quantitative estimate of drug-likeness (QED) is 0.928. The highest BCUT2D eigenvalue weighted by Crippen LogP contribution is 2.46. The Morgan fingerprint density at radius 2 is 2.09 bits per heavy atom. The molecule has 3 atom stereocenters. The number of benzene rings is 1. The van der Waals surface area contributed by atoms with E-state index in [4.69, 9.17) is 9.47 Å². The van der Waals surface area contributed by atoms with Gasteiger partial charge in [-0.1, -0.05) is 26.0 Å². The second-order valence-electron chi connectivity index (χ2n) is 6.29. The molecule has 22 heavy (non-hydrogen) atoms. The number of carbonyl (C=O) groups is 1. The van der Waals surface area contributed by atoms with Crippen LogP contribution in [0.4, 0.5) is 0 Å². The third-order valence-corrected chi connectivity index (χ3v) is 4.94. The number of allylic oxidation sites excluding steroid dienone is 1. The summed E-state index contributed by atoms with van der Waals surface area (Å²) < 4.78 is 11.6. The van der Waals surface area contributed by atoms with Gasteiger partial charge in [-0.3, -0.25) is 4.79 Å². The topological polar surface area (TPSA) is 55.8 Å². The van der Waals surface area contributed by atoms with E-state index in [1.807, 2.05) is 19.1 Å². The molecular formula is C18H22O4. The number of fused-ring (bicyclic) bond motifs is 1. The second kappa shape index (κ2) is 5.76. The number of ketones is 1. The molecular weight excluding hydrogens is 280 g/mol. The predicted octanol–water partition coefficient (Wildman–Crippen LogP) is 3.20. The summed E-state index contributed by atoms with van der Waals surface area (Å²) in [5, 5.41) is 9.39. The Bertz CT molecular complexity index is 590. The number of rotatable bonds is 4. The largest absolute Gasteiger partial charge is 0.508 e. The molecule has 1 aromatic carbocycles. The van der Waals surface area contributed by atoms with E-state index in [-0.39, 0.29) is 30.2 Å². The lowest BCUT2D eigenvalue weighted by Gasteiger charge is -2.38. The van der Waals surface area contributed by atoms with Gasteiger partial charge in [-0.2, -0.15) is 0 Å². The van der Waals surface area contributed by atoms with Crippen molar-refractivity contribution in [2.75, 3.05) is 6.79 Å². The summed E-state index contributed by atoms with van der Waals surface area (Å²) in [7, 11) is 0. The number of hydrogen-bond acceptors (Lipinski definition) is 4. The highest BCUT2D eigenvalue weighted by atomic mass is 16.7. The standard InChI is InChI=1S/C18H22O4/c1-3-14-10-18(17(9-16(14)20)21-11-22-18)12(2)8-13-4-6-15(19)7-5-13/h4-7,9,12,14,19H,3,8,10-11H2,1-2H3/t12-,14-,18+/m0/s1. The molecule has 0 radical (unpaired) electrons. The van der Waals surface area contributed by atoms with Gasteiger partial charge in [0, 0.05) is 12.0 Å². The maximum atomic E-state index is 12.1. The monoisotopic (exact) mass is 302 g/mol. The van der Waals surface area contributed by atoms with Crippen LogP contribution < -0.4 is 0 Å². The Morgan fingerprint density at radius 3 is 2.77 bits per heavy atom. The number of aromatic hydroxyl groups is 1. The lowest BCUT2D eigenvalue weighted by Crippen LogP contribution is -2.44. The zero-order valence-electron chi connectivity index (χ0n) is 13.0. The van der Waals surface area contributed by atoms with Crippen molar-refractivity contribution in [2.24, 2.45) is 11.8 Å². The Morgan fingerprint density at radius 1 is 1.36 bits per heavy atom. The van der Waals surface area contributed by atoms with Crippen LogP contribution in [0, 0.1) is 11.8 Å². The number of ether oxygens (including phenoxy) is 2. The van der Waals surface area contributed by atoms with Crippen LogP contribution in [0.2, 0.25) is 0 Å². The van der Waals surface area contributed by atoms with Gasteiger partial charge < -0.3 is 14.6 Å². The van der Waals surface area contributed by atoms with Crippen LogP contribution in [0.5, 0.6) is 5.75 Å². The van der Waals surface area contributed by atoms with Crippen LogP contribution in [-0.2, 0) is 20.7 Å². The molecule has 1 aromatic rings. The first-order valence-electron chi connectivity index (χ1n) is 7.86. The molecule has 1 fully saturated rings. The summed E-state index contributed by atoms with van der Waals surface area (Å²) in [6.45, 7) is 4.39. The fourth-order valence-corrected chi connectivity index (χ4v) is 3.51. The van der Waals surface area contributed by atoms with Gasteiger partial charge in [0.05, 0.1) is 0 Å². The van der Waals surface area contributed by atoms with Gasteiger partial charge in [-0.15, -0.1) is 0 Å². The molecule has 1 saturated heterocycles. The Hall–Kier alpha value is -1.81. The summed E-state index contributed by atoms with van der Waals surface area (Å²) in [5.41, 5.74) is 0.645. The highest BCUT2D eigenvalue weighted by molar-refractivity contribution is 5.93. The van der Waals surface area contributed by atoms with Crippen LogP contribution in [-0.4, -0.2) is 23.3 Å². The molecule has 1 aliphatic carbocycles. The number of hydrogen-bond donors (Lipinski definition) is 1. The molecule has 0 spiro atoms. The molecule has 1 N–H and O–H groups in total. The van der Waals surface area contributed by atoms with Gasteiger partial charge in [0.15, 0.2) is 12.6 Å². The van der Waals surface area contributed by atoms with Crippen LogP contribution >= 0.6 is 0 Å². The molecule has 0 saturated carbocycles. The van der Waals surface area contributed by atoms with Crippen LogP contribution in [0.3, 0.4) is 0 Å². The first-order chi connectivity index (χ1) is 10.5. The number of carbonyl (C=O) groups excluding carboxylic acids is 1. The molecule has 0 aromatic heterocycles. The van der Waals surface area contributed by atoms with Crippen molar-refractivity contribution in [1.82, 2.24) is 0 Å². The fraction of sp³-hybridized carbons (Fsp3) is 0.500. The zero-order valence-corrected chi connectivity index (χ0v) is 13.0. The van der Waals surface area contributed by atoms with Gasteiger partial charge in [0.2, 0.25) is 0 Å². The van der Waals surface area contributed by atoms with E-state index in [9.17, 15) is 9.90 Å². The lowest BCUT2D eigenvalue weighted by atomic mass is 9.72. The Labute approximate surface area is 130 Å². The van der Waals surface area contributed by atoms with E-state index in [1.54, 1.807) is 18.2 Å². The average Bonchev–Trinajstić information content (AvgIpc) is 2.92. The molecule has 1 aliphatic heterocycles. The number of phenols is 1.